The first-order valence-corrected chi connectivity index (χ1v) is 8.24. The Balaban J connectivity index is 1.83. The van der Waals surface area contributed by atoms with Crippen molar-refractivity contribution in [2.24, 2.45) is 0 Å². The van der Waals surface area contributed by atoms with E-state index in [1.165, 1.54) is 25.1 Å². The average molecular weight is 394 g/mol. The number of halogens is 2. The molecule has 0 aliphatic heterocycles. The molecule has 2 aromatic carbocycles. The van der Waals surface area contributed by atoms with Crippen molar-refractivity contribution in [3.8, 4) is 0 Å². The molecule has 1 amide bonds. The lowest BCUT2D eigenvalue weighted by molar-refractivity contribution is -0.129. The maximum absolute atomic E-state index is 13.7. The zero-order valence-corrected chi connectivity index (χ0v) is 14.7. The van der Waals surface area contributed by atoms with Crippen LogP contribution in [0.25, 0.3) is 0 Å². The fourth-order valence-electron chi connectivity index (χ4n) is 2.05. The average Bonchev–Trinajstić information content (AvgIpc) is 2.55. The molecule has 4 nitrogen and oxygen atoms in total. The third-order valence-corrected chi connectivity index (χ3v) is 3.85. The van der Waals surface area contributed by atoms with Gasteiger partial charge in [-0.3, -0.25) is 4.79 Å². The van der Waals surface area contributed by atoms with Crippen molar-refractivity contribution in [1.29, 1.82) is 0 Å². The van der Waals surface area contributed by atoms with Gasteiger partial charge in [0.1, 0.15) is 5.82 Å². The van der Waals surface area contributed by atoms with E-state index in [0.717, 1.165) is 5.56 Å². The first-order chi connectivity index (χ1) is 11.5. The SMILES string of the molecule is CC(OC(=O)c1ccc(Br)cc1F)C(=O)NCCc1ccccc1. The van der Waals surface area contributed by atoms with Crippen molar-refractivity contribution in [1.82, 2.24) is 5.32 Å². The van der Waals surface area contributed by atoms with Crippen LogP contribution in [0.1, 0.15) is 22.8 Å². The summed E-state index contributed by atoms with van der Waals surface area (Å²) in [5.41, 5.74) is 0.890. The molecule has 1 N–H and O–H groups in total. The molecule has 6 heteroatoms. The summed E-state index contributed by atoms with van der Waals surface area (Å²) in [4.78, 5) is 23.9. The van der Waals surface area contributed by atoms with Gasteiger partial charge in [-0.25, -0.2) is 9.18 Å². The fraction of sp³-hybridized carbons (Fsp3) is 0.222. The number of carbonyl (C=O) groups is 2. The maximum Gasteiger partial charge on any atom is 0.341 e. The third-order valence-electron chi connectivity index (χ3n) is 3.36. The highest BCUT2D eigenvalue weighted by Gasteiger charge is 2.20. The van der Waals surface area contributed by atoms with E-state index < -0.39 is 23.8 Å². The maximum atomic E-state index is 13.7. The van der Waals surface area contributed by atoms with Gasteiger partial charge >= 0.3 is 5.97 Å². The van der Waals surface area contributed by atoms with Crippen molar-refractivity contribution >= 4 is 27.8 Å². The van der Waals surface area contributed by atoms with Gasteiger partial charge in [0.2, 0.25) is 0 Å². The second-order valence-electron chi connectivity index (χ2n) is 5.20. The lowest BCUT2D eigenvalue weighted by Crippen LogP contribution is -2.37. The summed E-state index contributed by atoms with van der Waals surface area (Å²) in [6, 6.07) is 13.7. The predicted octanol–water partition coefficient (Wildman–Crippen LogP) is 3.49. The monoisotopic (exact) mass is 393 g/mol. The van der Waals surface area contributed by atoms with Crippen LogP contribution in [-0.4, -0.2) is 24.5 Å². The Labute approximate surface area is 148 Å². The molecule has 0 fully saturated rings. The molecule has 1 unspecified atom stereocenters. The molecule has 2 rings (SSSR count). The molecule has 0 radical (unpaired) electrons. The minimum atomic E-state index is -1.00. The second kappa shape index (κ2) is 8.59. The number of amides is 1. The Morgan fingerprint density at radius 1 is 1.21 bits per heavy atom. The highest BCUT2D eigenvalue weighted by molar-refractivity contribution is 9.10. The molecule has 0 bridgehead atoms. The highest BCUT2D eigenvalue weighted by Crippen LogP contribution is 2.16. The molecular weight excluding hydrogens is 377 g/mol. The topological polar surface area (TPSA) is 55.4 Å². The van der Waals surface area contributed by atoms with Gasteiger partial charge in [-0.1, -0.05) is 46.3 Å². The summed E-state index contributed by atoms with van der Waals surface area (Å²) in [6.45, 7) is 1.88. The van der Waals surface area contributed by atoms with Crippen molar-refractivity contribution in [3.63, 3.8) is 0 Å². The first kappa shape index (κ1) is 18.1. The van der Waals surface area contributed by atoms with Gasteiger partial charge in [0, 0.05) is 11.0 Å². The molecule has 0 spiro atoms. The zero-order chi connectivity index (χ0) is 17.5. The quantitative estimate of drug-likeness (QED) is 0.764. The number of benzene rings is 2. The molecule has 2 aromatic rings. The molecule has 0 aliphatic carbocycles. The Morgan fingerprint density at radius 2 is 1.92 bits per heavy atom. The summed E-state index contributed by atoms with van der Waals surface area (Å²) in [5.74, 6) is -1.99. The van der Waals surface area contributed by atoms with Gasteiger partial charge < -0.3 is 10.1 Å². The van der Waals surface area contributed by atoms with E-state index >= 15 is 0 Å². The van der Waals surface area contributed by atoms with Gasteiger partial charge in [0.05, 0.1) is 5.56 Å². The number of hydrogen-bond donors (Lipinski definition) is 1. The van der Waals surface area contributed by atoms with Crippen molar-refractivity contribution in [2.75, 3.05) is 6.54 Å². The largest absolute Gasteiger partial charge is 0.449 e. The number of hydrogen-bond acceptors (Lipinski definition) is 3. The van der Waals surface area contributed by atoms with Crippen LogP contribution in [0.2, 0.25) is 0 Å². The molecular formula is C18H17BrFNO3. The fourth-order valence-corrected chi connectivity index (χ4v) is 2.38. The van der Waals surface area contributed by atoms with E-state index in [-0.39, 0.29) is 5.56 Å². The standard InChI is InChI=1S/C18H17BrFNO3/c1-12(17(22)21-10-9-13-5-3-2-4-6-13)24-18(23)15-8-7-14(19)11-16(15)20/h2-8,11-12H,9-10H2,1H3,(H,21,22). The number of esters is 1. The molecule has 0 saturated carbocycles. The van der Waals surface area contributed by atoms with E-state index in [2.05, 4.69) is 21.2 Å². The number of nitrogens with one attached hydrogen (secondary N) is 1. The van der Waals surface area contributed by atoms with Crippen LogP contribution < -0.4 is 5.32 Å². The molecule has 0 saturated heterocycles. The van der Waals surface area contributed by atoms with Gasteiger partial charge in [0.25, 0.3) is 5.91 Å². The Bertz CT molecular complexity index is 721. The van der Waals surface area contributed by atoms with Crippen LogP contribution in [0.5, 0.6) is 0 Å². The lowest BCUT2D eigenvalue weighted by Gasteiger charge is -2.14. The van der Waals surface area contributed by atoms with Crippen molar-refractivity contribution in [2.45, 2.75) is 19.4 Å². The molecule has 126 valence electrons. The molecule has 24 heavy (non-hydrogen) atoms. The third kappa shape index (κ3) is 5.16. The van der Waals surface area contributed by atoms with Gasteiger partial charge in [-0.2, -0.15) is 0 Å². The lowest BCUT2D eigenvalue weighted by atomic mass is 10.1. The molecule has 0 aromatic heterocycles. The van der Waals surface area contributed by atoms with Crippen LogP contribution in [0.15, 0.2) is 53.0 Å². The summed E-state index contributed by atoms with van der Waals surface area (Å²) in [5, 5.41) is 2.69. The van der Waals surface area contributed by atoms with Gasteiger partial charge in [0.15, 0.2) is 6.10 Å². The normalized spacial score (nSPS) is 11.6. The van der Waals surface area contributed by atoms with Crippen molar-refractivity contribution in [3.05, 3.63) is 69.9 Å². The molecule has 0 heterocycles. The second-order valence-corrected chi connectivity index (χ2v) is 6.11. The van der Waals surface area contributed by atoms with Crippen LogP contribution >= 0.6 is 15.9 Å². The van der Waals surface area contributed by atoms with Crippen LogP contribution in [0.4, 0.5) is 4.39 Å². The highest BCUT2D eigenvalue weighted by atomic mass is 79.9. The van der Waals surface area contributed by atoms with E-state index in [1.54, 1.807) is 0 Å². The molecule has 0 aliphatic rings. The van der Waals surface area contributed by atoms with Gasteiger partial charge in [-0.05, 0) is 37.1 Å². The van der Waals surface area contributed by atoms with Crippen LogP contribution in [0, 0.1) is 5.82 Å². The Kier molecular flexibility index (Phi) is 6.49. The summed E-state index contributed by atoms with van der Waals surface area (Å²) in [6.07, 6.45) is -0.328. The number of ether oxygens (including phenoxy) is 1. The smallest absolute Gasteiger partial charge is 0.341 e. The van der Waals surface area contributed by atoms with Crippen molar-refractivity contribution < 1.29 is 18.7 Å². The summed E-state index contributed by atoms with van der Waals surface area (Å²) in [7, 11) is 0. The minimum Gasteiger partial charge on any atom is -0.449 e. The molecule has 1 atom stereocenters. The first-order valence-electron chi connectivity index (χ1n) is 7.45. The summed E-state index contributed by atoms with van der Waals surface area (Å²) < 4.78 is 19.2. The van der Waals surface area contributed by atoms with E-state index in [9.17, 15) is 14.0 Å². The van der Waals surface area contributed by atoms with E-state index in [4.69, 9.17) is 4.74 Å². The van der Waals surface area contributed by atoms with Crippen LogP contribution in [0.3, 0.4) is 0 Å². The van der Waals surface area contributed by atoms with Gasteiger partial charge in [-0.15, -0.1) is 0 Å². The Hall–Kier alpha value is -2.21. The Morgan fingerprint density at radius 3 is 2.58 bits per heavy atom. The van der Waals surface area contributed by atoms with Crippen LogP contribution in [-0.2, 0) is 16.0 Å². The van der Waals surface area contributed by atoms with E-state index in [0.29, 0.717) is 17.4 Å². The number of rotatable bonds is 6. The predicted molar refractivity (Wildman–Crippen MR) is 92.1 cm³/mol. The van der Waals surface area contributed by atoms with E-state index in [1.807, 2.05) is 30.3 Å². The zero-order valence-electron chi connectivity index (χ0n) is 13.1. The summed E-state index contributed by atoms with van der Waals surface area (Å²) >= 11 is 3.11. The minimum absolute atomic E-state index is 0.206. The number of carbonyl (C=O) groups excluding carboxylic acids is 2.